The molecule has 2 saturated heterocycles. The predicted octanol–water partition coefficient (Wildman–Crippen LogP) is 1.89. The molecule has 2 aliphatic rings. The Labute approximate surface area is 113 Å². The molecule has 2 bridgehead atoms. The molecule has 2 aliphatic heterocycles. The molecule has 3 unspecified atom stereocenters. The van der Waals surface area contributed by atoms with E-state index in [1.165, 1.54) is 6.42 Å². The first-order valence-electron chi connectivity index (χ1n) is 7.19. The number of rotatable bonds is 4. The molecule has 0 radical (unpaired) electrons. The third-order valence-electron chi connectivity index (χ3n) is 3.64. The summed E-state index contributed by atoms with van der Waals surface area (Å²) in [6.45, 7) is 12.8. The molecular weight excluding hydrogens is 228 g/mol. The standard InChI is InChI=1S/C12H22N2O2.C2H6.H2/c1-8(2)12(13-9(3)15)6-14-5-11-4-10(14)7-16-11;1-2;/h8,10-12H,4-7H2,1-3H3,(H,13,15);1-2H3;1H. The topological polar surface area (TPSA) is 41.6 Å². The summed E-state index contributed by atoms with van der Waals surface area (Å²) < 4.78 is 5.58. The summed E-state index contributed by atoms with van der Waals surface area (Å²) in [5, 5.41) is 3.04. The fraction of sp³-hybridized carbons (Fsp3) is 0.929. The number of amides is 1. The van der Waals surface area contributed by atoms with Crippen LogP contribution in [0.1, 0.15) is 42.5 Å². The maximum absolute atomic E-state index is 11.1. The molecular formula is C14H30N2O2. The van der Waals surface area contributed by atoms with Crippen LogP contribution in [-0.4, -0.2) is 48.7 Å². The maximum atomic E-state index is 11.1. The van der Waals surface area contributed by atoms with Crippen molar-refractivity contribution in [2.75, 3.05) is 19.7 Å². The Morgan fingerprint density at radius 1 is 1.50 bits per heavy atom. The van der Waals surface area contributed by atoms with Gasteiger partial charge in [0.2, 0.25) is 5.91 Å². The molecule has 3 atom stereocenters. The summed E-state index contributed by atoms with van der Waals surface area (Å²) >= 11 is 0. The highest BCUT2D eigenvalue weighted by atomic mass is 16.5. The highest BCUT2D eigenvalue weighted by Crippen LogP contribution is 2.28. The molecule has 108 valence electrons. The number of hydrogen-bond donors (Lipinski definition) is 1. The second kappa shape index (κ2) is 7.10. The Balaban J connectivity index is 0.00000103. The zero-order valence-electron chi connectivity index (χ0n) is 12.4. The minimum Gasteiger partial charge on any atom is -0.375 e. The van der Waals surface area contributed by atoms with Gasteiger partial charge < -0.3 is 10.1 Å². The van der Waals surface area contributed by atoms with E-state index in [0.29, 0.717) is 18.1 Å². The number of nitrogens with zero attached hydrogens (tertiary/aromatic N) is 1. The monoisotopic (exact) mass is 258 g/mol. The van der Waals surface area contributed by atoms with Gasteiger partial charge in [0.15, 0.2) is 0 Å². The van der Waals surface area contributed by atoms with Crippen LogP contribution in [0.15, 0.2) is 0 Å². The maximum Gasteiger partial charge on any atom is 0.217 e. The second-order valence-electron chi connectivity index (χ2n) is 5.35. The third-order valence-corrected chi connectivity index (χ3v) is 3.64. The average molecular weight is 258 g/mol. The highest BCUT2D eigenvalue weighted by molar-refractivity contribution is 5.73. The quantitative estimate of drug-likeness (QED) is 0.837. The molecule has 0 aromatic rings. The number of hydrogen-bond acceptors (Lipinski definition) is 3. The number of fused-ring (bicyclic) bond motifs is 2. The minimum absolute atomic E-state index is 0. The van der Waals surface area contributed by atoms with Crippen molar-refractivity contribution in [1.29, 1.82) is 0 Å². The summed E-state index contributed by atoms with van der Waals surface area (Å²) in [6, 6.07) is 0.844. The van der Waals surface area contributed by atoms with Gasteiger partial charge in [0.25, 0.3) is 0 Å². The van der Waals surface area contributed by atoms with Gasteiger partial charge in [0, 0.05) is 33.5 Å². The van der Waals surface area contributed by atoms with Crippen LogP contribution in [0.25, 0.3) is 0 Å². The van der Waals surface area contributed by atoms with Crippen molar-refractivity contribution >= 4 is 5.91 Å². The SMILES string of the molecule is CC.CC(=O)NC(CN1CC2CC1CO2)C(C)C.[HH]. The largest absolute Gasteiger partial charge is 0.375 e. The van der Waals surface area contributed by atoms with E-state index >= 15 is 0 Å². The summed E-state index contributed by atoms with van der Waals surface area (Å²) in [4.78, 5) is 13.6. The van der Waals surface area contributed by atoms with E-state index in [0.717, 1.165) is 19.7 Å². The Bertz CT molecular complexity index is 274. The fourth-order valence-corrected chi connectivity index (χ4v) is 2.64. The summed E-state index contributed by atoms with van der Waals surface area (Å²) in [7, 11) is 0. The molecule has 0 aliphatic carbocycles. The van der Waals surface area contributed by atoms with Crippen LogP contribution >= 0.6 is 0 Å². The van der Waals surface area contributed by atoms with E-state index in [9.17, 15) is 4.79 Å². The van der Waals surface area contributed by atoms with Gasteiger partial charge in [-0.05, 0) is 12.3 Å². The van der Waals surface area contributed by atoms with Crippen LogP contribution in [0, 0.1) is 5.92 Å². The molecule has 2 fully saturated rings. The summed E-state index contributed by atoms with van der Waals surface area (Å²) in [5.74, 6) is 0.545. The Hall–Kier alpha value is -0.610. The van der Waals surface area contributed by atoms with Gasteiger partial charge in [-0.3, -0.25) is 9.69 Å². The van der Waals surface area contributed by atoms with E-state index in [-0.39, 0.29) is 13.4 Å². The van der Waals surface area contributed by atoms with Crippen molar-refractivity contribution in [3.8, 4) is 0 Å². The fourth-order valence-electron chi connectivity index (χ4n) is 2.64. The van der Waals surface area contributed by atoms with Gasteiger partial charge >= 0.3 is 0 Å². The van der Waals surface area contributed by atoms with Crippen molar-refractivity contribution in [1.82, 2.24) is 10.2 Å². The molecule has 18 heavy (non-hydrogen) atoms. The van der Waals surface area contributed by atoms with Crippen LogP contribution in [0.4, 0.5) is 0 Å². The number of carbonyl (C=O) groups is 1. The molecule has 4 nitrogen and oxygen atoms in total. The van der Waals surface area contributed by atoms with E-state index < -0.39 is 0 Å². The number of carbonyl (C=O) groups excluding carboxylic acids is 1. The van der Waals surface area contributed by atoms with Gasteiger partial charge in [-0.2, -0.15) is 0 Å². The molecule has 0 aromatic heterocycles. The smallest absolute Gasteiger partial charge is 0.217 e. The molecule has 2 rings (SSSR count). The van der Waals surface area contributed by atoms with E-state index in [2.05, 4.69) is 24.1 Å². The Morgan fingerprint density at radius 2 is 2.17 bits per heavy atom. The first-order chi connectivity index (χ1) is 8.56. The molecule has 2 heterocycles. The van der Waals surface area contributed by atoms with Crippen LogP contribution < -0.4 is 5.32 Å². The zero-order chi connectivity index (χ0) is 13.7. The first kappa shape index (κ1) is 15.4. The van der Waals surface area contributed by atoms with Gasteiger partial charge in [-0.1, -0.05) is 27.7 Å². The lowest BCUT2D eigenvalue weighted by Gasteiger charge is -2.32. The van der Waals surface area contributed by atoms with Crippen molar-refractivity contribution < 1.29 is 11.0 Å². The van der Waals surface area contributed by atoms with E-state index in [4.69, 9.17) is 4.74 Å². The number of nitrogens with one attached hydrogen (secondary N) is 1. The van der Waals surface area contributed by atoms with Gasteiger partial charge in [-0.15, -0.1) is 0 Å². The highest BCUT2D eigenvalue weighted by Gasteiger charge is 2.39. The van der Waals surface area contributed by atoms with Crippen molar-refractivity contribution in [3.63, 3.8) is 0 Å². The van der Waals surface area contributed by atoms with Crippen molar-refractivity contribution in [2.24, 2.45) is 5.92 Å². The minimum atomic E-state index is 0. The third kappa shape index (κ3) is 3.95. The Kier molecular flexibility index (Phi) is 6.09. The Morgan fingerprint density at radius 3 is 2.56 bits per heavy atom. The van der Waals surface area contributed by atoms with Gasteiger partial charge in [0.1, 0.15) is 0 Å². The predicted molar refractivity (Wildman–Crippen MR) is 75.6 cm³/mol. The van der Waals surface area contributed by atoms with E-state index in [1.807, 2.05) is 13.8 Å². The van der Waals surface area contributed by atoms with Crippen LogP contribution in [0.3, 0.4) is 0 Å². The van der Waals surface area contributed by atoms with Gasteiger partial charge in [-0.25, -0.2) is 0 Å². The van der Waals surface area contributed by atoms with E-state index in [1.54, 1.807) is 6.92 Å². The lowest BCUT2D eigenvalue weighted by atomic mass is 10.0. The van der Waals surface area contributed by atoms with Crippen molar-refractivity contribution in [2.45, 2.75) is 59.2 Å². The summed E-state index contributed by atoms with van der Waals surface area (Å²) in [6.07, 6.45) is 1.61. The number of likely N-dealkylation sites (tertiary alicyclic amines) is 1. The molecule has 0 aromatic carbocycles. The normalized spacial score (nSPS) is 27.9. The molecule has 0 saturated carbocycles. The number of ether oxygens (including phenoxy) is 1. The summed E-state index contributed by atoms with van der Waals surface area (Å²) in [5.41, 5.74) is 0. The zero-order valence-corrected chi connectivity index (χ0v) is 12.4. The first-order valence-corrected chi connectivity index (χ1v) is 7.19. The lowest BCUT2D eigenvalue weighted by Crippen LogP contribution is -2.49. The lowest BCUT2D eigenvalue weighted by molar-refractivity contribution is -0.120. The average Bonchev–Trinajstić information content (AvgIpc) is 2.92. The molecule has 4 heteroatoms. The number of morpholine rings is 1. The molecule has 0 spiro atoms. The molecule has 1 amide bonds. The van der Waals surface area contributed by atoms with Crippen molar-refractivity contribution in [3.05, 3.63) is 0 Å². The van der Waals surface area contributed by atoms with Crippen LogP contribution in [0.5, 0.6) is 0 Å². The second-order valence-corrected chi connectivity index (χ2v) is 5.35. The van der Waals surface area contributed by atoms with Gasteiger partial charge in [0.05, 0.1) is 12.7 Å². The van der Waals surface area contributed by atoms with Crippen LogP contribution in [0.2, 0.25) is 0 Å². The van der Waals surface area contributed by atoms with Crippen LogP contribution in [-0.2, 0) is 9.53 Å². The molecule has 1 N–H and O–H groups in total.